The lowest BCUT2D eigenvalue weighted by Gasteiger charge is -2.18. The van der Waals surface area contributed by atoms with Crippen LogP contribution in [0.25, 0.3) is 0 Å². The van der Waals surface area contributed by atoms with E-state index in [4.69, 9.17) is 5.73 Å². The Balaban J connectivity index is 2.38. The predicted molar refractivity (Wildman–Crippen MR) is 83.0 cm³/mol. The van der Waals surface area contributed by atoms with E-state index in [0.29, 0.717) is 6.42 Å². The molecule has 2 amide bonds. The molecule has 0 saturated heterocycles. The van der Waals surface area contributed by atoms with E-state index >= 15 is 0 Å². The highest BCUT2D eigenvalue weighted by Crippen LogP contribution is 2.13. The molecule has 5 heteroatoms. The van der Waals surface area contributed by atoms with Gasteiger partial charge in [0.2, 0.25) is 11.8 Å². The number of hydrogen-bond donors (Lipinski definition) is 2. The highest BCUT2D eigenvalue weighted by atomic mass is 79.9. The van der Waals surface area contributed by atoms with E-state index in [1.54, 1.807) is 0 Å². The van der Waals surface area contributed by atoms with Gasteiger partial charge in [-0.25, -0.2) is 0 Å². The Morgan fingerprint density at radius 1 is 1.35 bits per heavy atom. The summed E-state index contributed by atoms with van der Waals surface area (Å²) in [5.41, 5.74) is 6.45. The molecule has 0 radical (unpaired) electrons. The fraction of sp³-hybridized carbons (Fsp3) is 0.467. The van der Waals surface area contributed by atoms with Crippen LogP contribution in [-0.2, 0) is 16.0 Å². The standard InChI is InChI=1S/C15H21BrN2O2/c1-10(2)14(15(17)20)18-13(19)8-4-6-11-5-3-7-12(16)9-11/h3,5,7,9-10,14H,4,6,8H2,1-2H3,(H2,17,20)(H,18,19)/t14-/m1/s1. The van der Waals surface area contributed by atoms with Crippen molar-refractivity contribution in [3.8, 4) is 0 Å². The first-order chi connectivity index (χ1) is 9.40. The van der Waals surface area contributed by atoms with Crippen LogP contribution in [0.4, 0.5) is 0 Å². The molecule has 0 fully saturated rings. The second-order valence-electron chi connectivity index (χ2n) is 5.18. The number of benzene rings is 1. The molecule has 1 aromatic rings. The average Bonchev–Trinajstić information content (AvgIpc) is 2.35. The van der Waals surface area contributed by atoms with Gasteiger partial charge in [0, 0.05) is 10.9 Å². The summed E-state index contributed by atoms with van der Waals surface area (Å²) in [5, 5.41) is 2.69. The van der Waals surface area contributed by atoms with Crippen molar-refractivity contribution in [2.75, 3.05) is 0 Å². The molecule has 0 saturated carbocycles. The maximum absolute atomic E-state index is 11.8. The third kappa shape index (κ3) is 5.74. The van der Waals surface area contributed by atoms with Crippen LogP contribution in [0.5, 0.6) is 0 Å². The van der Waals surface area contributed by atoms with Gasteiger partial charge in [-0.15, -0.1) is 0 Å². The number of nitrogens with one attached hydrogen (secondary N) is 1. The monoisotopic (exact) mass is 340 g/mol. The molecular formula is C15H21BrN2O2. The zero-order chi connectivity index (χ0) is 15.1. The summed E-state index contributed by atoms with van der Waals surface area (Å²) >= 11 is 3.42. The molecule has 1 aromatic carbocycles. The lowest BCUT2D eigenvalue weighted by atomic mass is 10.0. The molecule has 0 heterocycles. The Morgan fingerprint density at radius 3 is 2.60 bits per heavy atom. The zero-order valence-electron chi connectivity index (χ0n) is 11.9. The molecule has 20 heavy (non-hydrogen) atoms. The van der Waals surface area contributed by atoms with Crippen LogP contribution in [0.3, 0.4) is 0 Å². The molecule has 0 unspecified atom stereocenters. The number of aryl methyl sites for hydroxylation is 1. The number of carbonyl (C=O) groups excluding carboxylic acids is 2. The van der Waals surface area contributed by atoms with Gasteiger partial charge in [-0.2, -0.15) is 0 Å². The fourth-order valence-corrected chi connectivity index (χ4v) is 2.40. The third-order valence-corrected chi connectivity index (χ3v) is 3.54. The van der Waals surface area contributed by atoms with Gasteiger partial charge >= 0.3 is 0 Å². The van der Waals surface area contributed by atoms with Gasteiger partial charge in [-0.3, -0.25) is 9.59 Å². The van der Waals surface area contributed by atoms with Crippen molar-refractivity contribution in [1.29, 1.82) is 0 Å². The van der Waals surface area contributed by atoms with Gasteiger partial charge in [0.25, 0.3) is 0 Å². The molecule has 0 aliphatic carbocycles. The molecule has 0 aromatic heterocycles. The lowest BCUT2D eigenvalue weighted by Crippen LogP contribution is -2.47. The summed E-state index contributed by atoms with van der Waals surface area (Å²) in [6.45, 7) is 3.72. The smallest absolute Gasteiger partial charge is 0.240 e. The van der Waals surface area contributed by atoms with Crippen LogP contribution < -0.4 is 11.1 Å². The summed E-state index contributed by atoms with van der Waals surface area (Å²) in [5.74, 6) is -0.612. The van der Waals surface area contributed by atoms with Crippen LogP contribution in [0.15, 0.2) is 28.7 Å². The topological polar surface area (TPSA) is 72.2 Å². The maximum Gasteiger partial charge on any atom is 0.240 e. The normalized spacial score (nSPS) is 12.2. The van der Waals surface area contributed by atoms with E-state index in [1.807, 2.05) is 38.1 Å². The number of amides is 2. The second kappa shape index (κ2) is 8.04. The highest BCUT2D eigenvalue weighted by molar-refractivity contribution is 9.10. The second-order valence-corrected chi connectivity index (χ2v) is 6.09. The quantitative estimate of drug-likeness (QED) is 0.799. The van der Waals surface area contributed by atoms with Crippen molar-refractivity contribution >= 4 is 27.7 Å². The minimum absolute atomic E-state index is 0.00142. The van der Waals surface area contributed by atoms with Crippen molar-refractivity contribution < 1.29 is 9.59 Å². The molecule has 110 valence electrons. The Kier molecular flexibility index (Phi) is 6.71. The van der Waals surface area contributed by atoms with Crippen LogP contribution >= 0.6 is 15.9 Å². The Labute approximate surface area is 128 Å². The van der Waals surface area contributed by atoms with Crippen LogP contribution in [0.2, 0.25) is 0 Å². The van der Waals surface area contributed by atoms with Gasteiger partial charge in [0.1, 0.15) is 6.04 Å². The first-order valence-electron chi connectivity index (χ1n) is 6.73. The van der Waals surface area contributed by atoms with Crippen LogP contribution in [-0.4, -0.2) is 17.9 Å². The van der Waals surface area contributed by atoms with E-state index in [1.165, 1.54) is 5.56 Å². The van der Waals surface area contributed by atoms with Gasteiger partial charge in [0.05, 0.1) is 0 Å². The summed E-state index contributed by atoms with van der Waals surface area (Å²) in [7, 11) is 0. The van der Waals surface area contributed by atoms with E-state index in [9.17, 15) is 9.59 Å². The molecule has 0 bridgehead atoms. The summed E-state index contributed by atoms with van der Waals surface area (Å²) in [4.78, 5) is 23.0. The molecule has 0 aliphatic rings. The molecule has 1 rings (SSSR count). The fourth-order valence-electron chi connectivity index (χ4n) is 1.96. The number of primary amides is 1. The number of nitrogens with two attached hydrogens (primary N) is 1. The number of halogens is 1. The Hall–Kier alpha value is -1.36. The first kappa shape index (κ1) is 16.7. The summed E-state index contributed by atoms with van der Waals surface area (Å²) in [6.07, 6.45) is 1.96. The molecule has 1 atom stereocenters. The molecular weight excluding hydrogens is 320 g/mol. The SMILES string of the molecule is CC(C)[C@@H](NC(=O)CCCc1cccc(Br)c1)C(N)=O. The summed E-state index contributed by atoms with van der Waals surface area (Å²) in [6, 6.07) is 7.42. The van der Waals surface area contributed by atoms with Gasteiger partial charge in [0.15, 0.2) is 0 Å². The average molecular weight is 341 g/mol. The van der Waals surface area contributed by atoms with E-state index < -0.39 is 11.9 Å². The lowest BCUT2D eigenvalue weighted by molar-refractivity contribution is -0.128. The first-order valence-corrected chi connectivity index (χ1v) is 7.52. The molecule has 0 spiro atoms. The maximum atomic E-state index is 11.8. The predicted octanol–water partition coefficient (Wildman–Crippen LogP) is 2.40. The van der Waals surface area contributed by atoms with Gasteiger partial charge in [-0.1, -0.05) is 41.9 Å². The Morgan fingerprint density at radius 2 is 2.05 bits per heavy atom. The summed E-state index contributed by atoms with van der Waals surface area (Å²) < 4.78 is 1.04. The Bertz CT molecular complexity index is 475. The molecule has 4 nitrogen and oxygen atoms in total. The largest absolute Gasteiger partial charge is 0.368 e. The minimum atomic E-state index is -0.589. The van der Waals surface area contributed by atoms with Crippen molar-refractivity contribution in [2.45, 2.75) is 39.2 Å². The molecule has 0 aliphatic heterocycles. The van der Waals surface area contributed by atoms with Crippen molar-refractivity contribution in [3.05, 3.63) is 34.3 Å². The van der Waals surface area contributed by atoms with Crippen molar-refractivity contribution in [3.63, 3.8) is 0 Å². The number of rotatable bonds is 7. The number of hydrogen-bond acceptors (Lipinski definition) is 2. The van der Waals surface area contributed by atoms with Crippen molar-refractivity contribution in [2.24, 2.45) is 11.7 Å². The van der Waals surface area contributed by atoms with Gasteiger partial charge in [-0.05, 0) is 36.5 Å². The van der Waals surface area contributed by atoms with Gasteiger partial charge < -0.3 is 11.1 Å². The third-order valence-electron chi connectivity index (χ3n) is 3.05. The van der Waals surface area contributed by atoms with E-state index in [-0.39, 0.29) is 11.8 Å². The van der Waals surface area contributed by atoms with Crippen LogP contribution in [0.1, 0.15) is 32.3 Å². The van der Waals surface area contributed by atoms with E-state index in [0.717, 1.165) is 17.3 Å². The minimum Gasteiger partial charge on any atom is -0.368 e. The van der Waals surface area contributed by atoms with Crippen LogP contribution in [0, 0.1) is 5.92 Å². The van der Waals surface area contributed by atoms with E-state index in [2.05, 4.69) is 21.2 Å². The van der Waals surface area contributed by atoms with Crippen molar-refractivity contribution in [1.82, 2.24) is 5.32 Å². The highest BCUT2D eigenvalue weighted by Gasteiger charge is 2.21. The number of carbonyl (C=O) groups is 2. The zero-order valence-corrected chi connectivity index (χ0v) is 13.4. The molecule has 3 N–H and O–H groups in total.